The van der Waals surface area contributed by atoms with Crippen molar-refractivity contribution in [3.63, 3.8) is 0 Å². The molecule has 0 unspecified atom stereocenters. The van der Waals surface area contributed by atoms with Gasteiger partial charge in [0.15, 0.2) is 0 Å². The first kappa shape index (κ1) is 15.0. The van der Waals surface area contributed by atoms with E-state index in [1.807, 2.05) is 13.8 Å². The van der Waals surface area contributed by atoms with Crippen molar-refractivity contribution < 1.29 is 18.6 Å². The van der Waals surface area contributed by atoms with Gasteiger partial charge in [-0.3, -0.25) is 0 Å². The lowest BCUT2D eigenvalue weighted by Gasteiger charge is -2.24. The average Bonchev–Trinajstić information content (AvgIpc) is 2.84. The van der Waals surface area contributed by atoms with Crippen LogP contribution >= 0.6 is 0 Å². The Kier molecular flexibility index (Phi) is 3.87. The molecule has 0 saturated heterocycles. The summed E-state index contributed by atoms with van der Waals surface area (Å²) in [7, 11) is 0. The van der Waals surface area contributed by atoms with E-state index < -0.39 is 11.6 Å². The smallest absolute Gasteiger partial charge is 0.216 e. The van der Waals surface area contributed by atoms with Gasteiger partial charge in [0.05, 0.1) is 12.2 Å². The lowest BCUT2D eigenvalue weighted by molar-refractivity contribution is 0.0721. The van der Waals surface area contributed by atoms with Gasteiger partial charge in [-0.15, -0.1) is 0 Å². The van der Waals surface area contributed by atoms with E-state index in [9.17, 15) is 13.9 Å². The molecule has 1 aromatic heterocycles. The van der Waals surface area contributed by atoms with Gasteiger partial charge in [0.1, 0.15) is 23.4 Å². The fourth-order valence-corrected chi connectivity index (χ4v) is 2.78. The van der Waals surface area contributed by atoms with Crippen LogP contribution in [0.4, 0.5) is 8.78 Å². The van der Waals surface area contributed by atoms with E-state index in [-0.39, 0.29) is 29.9 Å². The van der Waals surface area contributed by atoms with E-state index in [2.05, 4.69) is 5.10 Å². The highest BCUT2D eigenvalue weighted by molar-refractivity contribution is 5.67. The molecular formula is C16H18F2N2O2. The van der Waals surface area contributed by atoms with Crippen LogP contribution in [0.5, 0.6) is 5.88 Å². The fraction of sp³-hybridized carbons (Fsp3) is 0.438. The third kappa shape index (κ3) is 2.37. The molecule has 0 radical (unpaired) electrons. The molecule has 4 nitrogen and oxygen atoms in total. The van der Waals surface area contributed by atoms with Gasteiger partial charge < -0.3 is 9.84 Å². The van der Waals surface area contributed by atoms with Crippen LogP contribution in [-0.4, -0.2) is 27.6 Å². The molecule has 1 aliphatic heterocycles. The van der Waals surface area contributed by atoms with Crippen LogP contribution in [0.3, 0.4) is 0 Å². The van der Waals surface area contributed by atoms with Crippen molar-refractivity contribution in [2.24, 2.45) is 0 Å². The molecule has 22 heavy (non-hydrogen) atoms. The van der Waals surface area contributed by atoms with E-state index >= 15 is 0 Å². The second kappa shape index (κ2) is 5.68. The molecule has 0 bridgehead atoms. The number of nitrogens with zero attached hydrogens (tertiary/aromatic N) is 2. The summed E-state index contributed by atoms with van der Waals surface area (Å²) in [6.45, 7) is 4.31. The second-order valence-corrected chi connectivity index (χ2v) is 5.75. The molecule has 3 rings (SSSR count). The summed E-state index contributed by atoms with van der Waals surface area (Å²) in [5.41, 5.74) is 0.818. The van der Waals surface area contributed by atoms with Crippen molar-refractivity contribution in [1.29, 1.82) is 0 Å². The van der Waals surface area contributed by atoms with Gasteiger partial charge in [-0.25, -0.2) is 13.5 Å². The van der Waals surface area contributed by atoms with Crippen LogP contribution in [-0.2, 0) is 6.54 Å². The van der Waals surface area contributed by atoms with Gasteiger partial charge in [0, 0.05) is 18.5 Å². The Morgan fingerprint density at radius 3 is 2.64 bits per heavy atom. The Morgan fingerprint density at radius 1 is 1.36 bits per heavy atom. The van der Waals surface area contributed by atoms with Gasteiger partial charge in [0.25, 0.3) is 0 Å². The quantitative estimate of drug-likeness (QED) is 0.948. The van der Waals surface area contributed by atoms with Crippen molar-refractivity contribution in [1.82, 2.24) is 9.78 Å². The molecule has 1 aliphatic rings. The maximum absolute atomic E-state index is 14.1. The zero-order valence-corrected chi connectivity index (χ0v) is 12.5. The van der Waals surface area contributed by atoms with Crippen molar-refractivity contribution in [2.75, 3.05) is 6.61 Å². The first-order valence-electron chi connectivity index (χ1n) is 7.35. The predicted molar refractivity (Wildman–Crippen MR) is 77.8 cm³/mol. The minimum atomic E-state index is -0.643. The largest absolute Gasteiger partial charge is 0.472 e. The Balaban J connectivity index is 2.19. The second-order valence-electron chi connectivity index (χ2n) is 5.75. The Morgan fingerprint density at radius 2 is 2.05 bits per heavy atom. The van der Waals surface area contributed by atoms with Crippen LogP contribution in [0.2, 0.25) is 0 Å². The molecule has 1 aromatic carbocycles. The normalized spacial score (nSPS) is 17.5. The highest BCUT2D eigenvalue weighted by Gasteiger charge is 2.30. The molecule has 118 valence electrons. The molecule has 0 spiro atoms. The third-order valence-corrected chi connectivity index (χ3v) is 3.86. The summed E-state index contributed by atoms with van der Waals surface area (Å²) in [4.78, 5) is 0. The lowest BCUT2D eigenvalue weighted by atomic mass is 9.98. The van der Waals surface area contributed by atoms with Gasteiger partial charge in [-0.1, -0.05) is 19.9 Å². The number of hydrogen-bond donors (Lipinski definition) is 1. The van der Waals surface area contributed by atoms with E-state index in [1.165, 1.54) is 18.2 Å². The van der Waals surface area contributed by atoms with E-state index in [4.69, 9.17) is 4.74 Å². The first-order chi connectivity index (χ1) is 10.5. The summed E-state index contributed by atoms with van der Waals surface area (Å²) in [5.74, 6) is -0.805. The highest BCUT2D eigenvalue weighted by Crippen LogP contribution is 2.40. The van der Waals surface area contributed by atoms with Crippen LogP contribution < -0.4 is 4.74 Å². The van der Waals surface area contributed by atoms with Gasteiger partial charge in [0.2, 0.25) is 5.88 Å². The Bertz CT molecular complexity index is 677. The summed E-state index contributed by atoms with van der Waals surface area (Å²) in [5, 5.41) is 13.6. The van der Waals surface area contributed by atoms with Crippen LogP contribution in [0.25, 0.3) is 11.3 Å². The lowest BCUT2D eigenvalue weighted by Crippen LogP contribution is -2.29. The predicted octanol–water partition coefficient (Wildman–Crippen LogP) is 3.10. The zero-order valence-electron chi connectivity index (χ0n) is 12.5. The molecule has 1 N–H and O–H groups in total. The third-order valence-electron chi connectivity index (χ3n) is 3.86. The molecule has 2 heterocycles. The summed E-state index contributed by atoms with van der Waals surface area (Å²) < 4.78 is 35.6. The number of hydrogen-bond acceptors (Lipinski definition) is 3. The standard InChI is InChI=1S/C16H18F2N2O2/c1-9(2)13-15(14-11(17)4-3-5-12(14)18)19-20-7-6-10(8-21)22-16(13)20/h3-5,9-10,21H,6-8H2,1-2H3/t10-/m0/s1. The first-order valence-corrected chi connectivity index (χ1v) is 7.35. The van der Waals surface area contributed by atoms with Gasteiger partial charge in [-0.2, -0.15) is 5.10 Å². The number of fused-ring (bicyclic) bond motifs is 1. The minimum absolute atomic E-state index is 0.0183. The van der Waals surface area contributed by atoms with Crippen LogP contribution in [0, 0.1) is 11.6 Å². The van der Waals surface area contributed by atoms with Crippen molar-refractivity contribution in [3.05, 3.63) is 35.4 Å². The molecule has 0 fully saturated rings. The maximum atomic E-state index is 14.1. The number of halogens is 2. The number of aliphatic hydroxyl groups excluding tert-OH is 1. The number of ether oxygens (including phenoxy) is 1. The van der Waals surface area contributed by atoms with Gasteiger partial charge >= 0.3 is 0 Å². The molecule has 0 amide bonds. The van der Waals surface area contributed by atoms with Crippen molar-refractivity contribution in [2.45, 2.75) is 38.8 Å². The van der Waals surface area contributed by atoms with E-state index in [1.54, 1.807) is 4.68 Å². The van der Waals surface area contributed by atoms with Crippen molar-refractivity contribution >= 4 is 0 Å². The van der Waals surface area contributed by atoms with E-state index in [0.29, 0.717) is 24.4 Å². The molecule has 0 saturated carbocycles. The highest BCUT2D eigenvalue weighted by atomic mass is 19.1. The average molecular weight is 308 g/mol. The number of rotatable bonds is 3. The SMILES string of the molecule is CC(C)c1c(-c2c(F)cccc2F)nn2c1O[C@H](CO)CC2. The fourth-order valence-electron chi connectivity index (χ4n) is 2.78. The Labute approximate surface area is 127 Å². The van der Waals surface area contributed by atoms with Crippen LogP contribution in [0.15, 0.2) is 18.2 Å². The minimum Gasteiger partial charge on any atom is -0.472 e. The monoisotopic (exact) mass is 308 g/mol. The molecule has 1 atom stereocenters. The van der Waals surface area contributed by atoms with Crippen LogP contribution in [0.1, 0.15) is 31.7 Å². The number of aryl methyl sites for hydroxylation is 1. The summed E-state index contributed by atoms with van der Waals surface area (Å²) in [6.07, 6.45) is 0.307. The number of aliphatic hydroxyl groups is 1. The van der Waals surface area contributed by atoms with Gasteiger partial charge in [-0.05, 0) is 18.1 Å². The Hall–Kier alpha value is -1.95. The topological polar surface area (TPSA) is 47.3 Å². The molecule has 2 aromatic rings. The van der Waals surface area contributed by atoms with Crippen molar-refractivity contribution in [3.8, 4) is 17.1 Å². The summed E-state index contributed by atoms with van der Waals surface area (Å²) in [6, 6.07) is 3.77. The number of benzene rings is 1. The molecular weight excluding hydrogens is 290 g/mol. The molecule has 0 aliphatic carbocycles. The number of aromatic nitrogens is 2. The summed E-state index contributed by atoms with van der Waals surface area (Å²) >= 11 is 0. The van der Waals surface area contributed by atoms with E-state index in [0.717, 1.165) is 0 Å². The molecule has 6 heteroatoms. The zero-order chi connectivity index (χ0) is 15.9. The maximum Gasteiger partial charge on any atom is 0.216 e.